The molecule has 0 aliphatic heterocycles. The zero-order valence-electron chi connectivity index (χ0n) is 9.29. The van der Waals surface area contributed by atoms with Crippen molar-refractivity contribution >= 4 is 5.78 Å². The van der Waals surface area contributed by atoms with Crippen molar-refractivity contribution in [3.8, 4) is 0 Å². The Labute approximate surface area is 89.5 Å². The molecule has 1 aliphatic carbocycles. The number of Topliss-reactive ketones (excluding diaryl/α,β-unsaturated/α-hetero) is 1. The van der Waals surface area contributed by atoms with Crippen LogP contribution >= 0.6 is 0 Å². The minimum Gasteiger partial charge on any atom is -0.330 e. The minimum atomic E-state index is 0.236. The summed E-state index contributed by atoms with van der Waals surface area (Å²) in [6.07, 6.45) is 2.16. The minimum absolute atomic E-state index is 0.236. The van der Waals surface area contributed by atoms with Gasteiger partial charge in [-0.1, -0.05) is 0 Å². The van der Waals surface area contributed by atoms with Crippen LogP contribution in [0.3, 0.4) is 0 Å². The van der Waals surface area contributed by atoms with Gasteiger partial charge in [-0.2, -0.15) is 5.10 Å². The average molecular weight is 207 g/mol. The Hall–Kier alpha value is -1.16. The third-order valence-electron chi connectivity index (χ3n) is 2.82. The van der Waals surface area contributed by atoms with Gasteiger partial charge in [-0.15, -0.1) is 0 Å². The molecular formula is C11H17N3O. The maximum Gasteiger partial charge on any atom is 0.166 e. The highest BCUT2D eigenvalue weighted by Gasteiger charge is 2.28. The van der Waals surface area contributed by atoms with E-state index in [0.29, 0.717) is 19.0 Å². The van der Waals surface area contributed by atoms with Crippen molar-refractivity contribution in [2.24, 2.45) is 5.73 Å². The van der Waals surface area contributed by atoms with Crippen LogP contribution in [0.2, 0.25) is 0 Å². The van der Waals surface area contributed by atoms with Gasteiger partial charge in [-0.25, -0.2) is 0 Å². The number of aryl methyl sites for hydroxylation is 1. The molecule has 0 saturated carbocycles. The van der Waals surface area contributed by atoms with E-state index in [4.69, 9.17) is 5.73 Å². The molecule has 1 aromatic heterocycles. The van der Waals surface area contributed by atoms with Crippen molar-refractivity contribution < 1.29 is 4.79 Å². The first-order valence-electron chi connectivity index (χ1n) is 5.48. The number of ketones is 1. The first-order chi connectivity index (χ1) is 7.15. The van der Waals surface area contributed by atoms with Gasteiger partial charge in [0.25, 0.3) is 0 Å². The van der Waals surface area contributed by atoms with Crippen LogP contribution in [-0.2, 0) is 12.8 Å². The molecule has 0 radical (unpaired) electrons. The summed E-state index contributed by atoms with van der Waals surface area (Å²) in [6, 6.07) is 0.296. The van der Waals surface area contributed by atoms with Gasteiger partial charge in [0.1, 0.15) is 0 Å². The van der Waals surface area contributed by atoms with Crippen LogP contribution in [0.4, 0.5) is 0 Å². The van der Waals surface area contributed by atoms with Crippen LogP contribution in [0, 0.1) is 0 Å². The largest absolute Gasteiger partial charge is 0.330 e. The number of fused-ring (bicyclic) bond motifs is 1. The SMILES string of the molecule is CC(C)n1nc2c(c1CCN)C(=O)CC2. The highest BCUT2D eigenvalue weighted by atomic mass is 16.1. The quantitative estimate of drug-likeness (QED) is 0.807. The molecular weight excluding hydrogens is 190 g/mol. The molecule has 0 aromatic carbocycles. The number of aromatic nitrogens is 2. The molecule has 4 nitrogen and oxygen atoms in total. The first kappa shape index (κ1) is 10.4. The van der Waals surface area contributed by atoms with Gasteiger partial charge in [0.2, 0.25) is 0 Å². The molecule has 1 heterocycles. The van der Waals surface area contributed by atoms with Crippen molar-refractivity contribution in [2.75, 3.05) is 6.54 Å². The summed E-state index contributed by atoms with van der Waals surface area (Å²) in [5, 5.41) is 4.50. The molecule has 0 unspecified atom stereocenters. The van der Waals surface area contributed by atoms with Crippen molar-refractivity contribution in [3.05, 3.63) is 17.0 Å². The van der Waals surface area contributed by atoms with Gasteiger partial charge in [0.15, 0.2) is 5.78 Å². The van der Waals surface area contributed by atoms with Gasteiger partial charge >= 0.3 is 0 Å². The van der Waals surface area contributed by atoms with E-state index in [0.717, 1.165) is 29.8 Å². The topological polar surface area (TPSA) is 60.9 Å². The fraction of sp³-hybridized carbons (Fsp3) is 0.636. The lowest BCUT2D eigenvalue weighted by molar-refractivity contribution is 0.0993. The molecule has 82 valence electrons. The Kier molecular flexibility index (Phi) is 2.61. The molecule has 2 rings (SSSR count). The van der Waals surface area contributed by atoms with Gasteiger partial charge < -0.3 is 5.73 Å². The molecule has 0 saturated heterocycles. The second-order valence-corrected chi connectivity index (χ2v) is 4.27. The van der Waals surface area contributed by atoms with Crippen LogP contribution < -0.4 is 5.73 Å². The second-order valence-electron chi connectivity index (χ2n) is 4.27. The number of nitrogens with two attached hydrogens (primary N) is 1. The fourth-order valence-electron chi connectivity index (χ4n) is 2.18. The number of nitrogens with zero attached hydrogens (tertiary/aromatic N) is 2. The molecule has 4 heteroatoms. The molecule has 0 bridgehead atoms. The predicted octanol–water partition coefficient (Wildman–Crippen LogP) is 1.09. The molecule has 15 heavy (non-hydrogen) atoms. The van der Waals surface area contributed by atoms with Crippen LogP contribution in [0.1, 0.15) is 48.1 Å². The molecule has 1 aromatic rings. The number of rotatable bonds is 3. The lowest BCUT2D eigenvalue weighted by Gasteiger charge is -2.11. The Morgan fingerprint density at radius 1 is 1.47 bits per heavy atom. The van der Waals surface area contributed by atoms with Crippen molar-refractivity contribution in [2.45, 2.75) is 39.2 Å². The third-order valence-corrected chi connectivity index (χ3v) is 2.82. The summed E-state index contributed by atoms with van der Waals surface area (Å²) in [5.74, 6) is 0.236. The second kappa shape index (κ2) is 3.77. The summed E-state index contributed by atoms with van der Waals surface area (Å²) < 4.78 is 1.95. The van der Waals surface area contributed by atoms with Crippen molar-refractivity contribution in [1.29, 1.82) is 0 Å². The lowest BCUT2D eigenvalue weighted by Crippen LogP contribution is -2.14. The van der Waals surface area contributed by atoms with Gasteiger partial charge in [0, 0.05) is 18.9 Å². The van der Waals surface area contributed by atoms with Crippen molar-refractivity contribution in [3.63, 3.8) is 0 Å². The van der Waals surface area contributed by atoms with E-state index in [2.05, 4.69) is 18.9 Å². The monoisotopic (exact) mass is 207 g/mol. The molecule has 2 N–H and O–H groups in total. The fourth-order valence-corrected chi connectivity index (χ4v) is 2.18. The summed E-state index contributed by atoms with van der Waals surface area (Å²) in [7, 11) is 0. The van der Waals surface area contributed by atoms with E-state index < -0.39 is 0 Å². The van der Waals surface area contributed by atoms with Crippen LogP contribution in [0.25, 0.3) is 0 Å². The van der Waals surface area contributed by atoms with Gasteiger partial charge in [-0.3, -0.25) is 9.48 Å². The van der Waals surface area contributed by atoms with E-state index in [1.807, 2.05) is 4.68 Å². The Morgan fingerprint density at radius 3 is 2.80 bits per heavy atom. The summed E-state index contributed by atoms with van der Waals surface area (Å²) in [6.45, 7) is 4.72. The smallest absolute Gasteiger partial charge is 0.166 e. The maximum absolute atomic E-state index is 11.7. The van der Waals surface area contributed by atoms with E-state index >= 15 is 0 Å². The Balaban J connectivity index is 2.50. The number of hydrogen-bond acceptors (Lipinski definition) is 3. The first-order valence-corrected chi connectivity index (χ1v) is 5.48. The standard InChI is InChI=1S/C11H17N3O/c1-7(2)14-9(5-6-12)11-8(13-14)3-4-10(11)15/h7H,3-6,12H2,1-2H3. The van der Waals surface area contributed by atoms with Gasteiger partial charge in [-0.05, 0) is 26.8 Å². The van der Waals surface area contributed by atoms with Crippen LogP contribution in [0.15, 0.2) is 0 Å². The van der Waals surface area contributed by atoms with Crippen LogP contribution in [0.5, 0.6) is 0 Å². The van der Waals surface area contributed by atoms with E-state index in [9.17, 15) is 4.79 Å². The normalized spacial score (nSPS) is 15.1. The highest BCUT2D eigenvalue weighted by Crippen LogP contribution is 2.26. The number of carbonyl (C=O) groups is 1. The zero-order valence-corrected chi connectivity index (χ0v) is 9.29. The molecule has 0 amide bonds. The van der Waals surface area contributed by atoms with Gasteiger partial charge in [0.05, 0.1) is 17.0 Å². The maximum atomic E-state index is 11.7. The molecule has 0 spiro atoms. The zero-order chi connectivity index (χ0) is 11.0. The number of carbonyl (C=O) groups excluding carboxylic acids is 1. The third kappa shape index (κ3) is 1.59. The Morgan fingerprint density at radius 2 is 2.20 bits per heavy atom. The molecule has 0 fully saturated rings. The van der Waals surface area contributed by atoms with Crippen LogP contribution in [-0.4, -0.2) is 22.1 Å². The average Bonchev–Trinajstić information content (AvgIpc) is 2.69. The summed E-state index contributed by atoms with van der Waals surface area (Å²) in [4.78, 5) is 11.7. The van der Waals surface area contributed by atoms with E-state index in [1.54, 1.807) is 0 Å². The summed E-state index contributed by atoms with van der Waals surface area (Å²) >= 11 is 0. The summed E-state index contributed by atoms with van der Waals surface area (Å²) in [5.41, 5.74) is 8.43. The van der Waals surface area contributed by atoms with E-state index in [-0.39, 0.29) is 5.78 Å². The predicted molar refractivity (Wildman–Crippen MR) is 58.0 cm³/mol. The molecule has 0 atom stereocenters. The lowest BCUT2D eigenvalue weighted by atomic mass is 10.1. The van der Waals surface area contributed by atoms with Crippen molar-refractivity contribution in [1.82, 2.24) is 9.78 Å². The van der Waals surface area contributed by atoms with E-state index in [1.165, 1.54) is 0 Å². The Bertz CT molecular complexity index is 393. The number of hydrogen-bond donors (Lipinski definition) is 1. The molecule has 1 aliphatic rings. The highest BCUT2D eigenvalue weighted by molar-refractivity contribution is 6.01.